The van der Waals surface area contributed by atoms with E-state index in [1.807, 2.05) is 0 Å². The molecule has 3 N–H and O–H groups in total. The van der Waals surface area contributed by atoms with Crippen molar-refractivity contribution in [2.75, 3.05) is 39.6 Å². The molecule has 0 aliphatic carbocycles. The number of rotatable bonds is 74. The van der Waals surface area contributed by atoms with Gasteiger partial charge in [-0.1, -0.05) is 337 Å². The molecule has 0 spiro atoms. The lowest BCUT2D eigenvalue weighted by molar-refractivity contribution is -0.161. The first kappa shape index (κ1) is 92.1. The summed E-state index contributed by atoms with van der Waals surface area (Å²) in [7, 11) is -9.91. The summed E-state index contributed by atoms with van der Waals surface area (Å²) in [5, 5.41) is 10.6. The Kier molecular flexibility index (Phi) is 65.5. The summed E-state index contributed by atoms with van der Waals surface area (Å²) in [5.74, 6) is -0.559. The molecule has 0 aliphatic rings. The van der Waals surface area contributed by atoms with Crippen LogP contribution < -0.4 is 0 Å². The SMILES string of the molecule is CCCCCCCCCCCCCCCCC(=O)OC[C@H](COP(=O)(O)OC[C@@H](O)COP(=O)(O)OC[C@@H](COC(=O)CCCCCCCCCCCCCC)OC(=O)CCCCCCCCCCC(C)CC)OC(=O)CCCCCCCCCCCCCCCC(C)C. The summed E-state index contributed by atoms with van der Waals surface area (Å²) < 4.78 is 68.5. The van der Waals surface area contributed by atoms with E-state index in [1.54, 1.807) is 0 Å². The quantitative estimate of drug-likeness (QED) is 0.0222. The third-order valence-corrected chi connectivity index (χ3v) is 19.7. The van der Waals surface area contributed by atoms with Crippen molar-refractivity contribution in [3.63, 3.8) is 0 Å². The number of phosphoric ester groups is 2. The Balaban J connectivity index is 5.26. The van der Waals surface area contributed by atoms with Crippen LogP contribution in [0.3, 0.4) is 0 Å². The highest BCUT2D eigenvalue weighted by atomic mass is 31.2. The number of carbonyl (C=O) groups is 4. The van der Waals surface area contributed by atoms with Crippen molar-refractivity contribution in [1.29, 1.82) is 0 Å². The summed E-state index contributed by atoms with van der Waals surface area (Å²) in [4.78, 5) is 72.8. The molecule has 0 radical (unpaired) electrons. The summed E-state index contributed by atoms with van der Waals surface area (Å²) in [6, 6.07) is 0. The van der Waals surface area contributed by atoms with Crippen LogP contribution in [0.5, 0.6) is 0 Å². The van der Waals surface area contributed by atoms with Crippen molar-refractivity contribution in [2.24, 2.45) is 11.8 Å². The van der Waals surface area contributed by atoms with Gasteiger partial charge in [0.25, 0.3) is 0 Å². The summed E-state index contributed by atoms with van der Waals surface area (Å²) in [5.41, 5.74) is 0. The van der Waals surface area contributed by atoms with Gasteiger partial charge in [0.15, 0.2) is 12.2 Å². The lowest BCUT2D eigenvalue weighted by atomic mass is 9.99. The average Bonchev–Trinajstić information content (AvgIpc) is 2.09. The molecule has 94 heavy (non-hydrogen) atoms. The van der Waals surface area contributed by atoms with E-state index in [2.05, 4.69) is 41.5 Å². The Morgan fingerprint density at radius 3 is 0.809 bits per heavy atom. The second-order valence-electron chi connectivity index (χ2n) is 27.8. The zero-order valence-electron chi connectivity index (χ0n) is 61.3. The maximum Gasteiger partial charge on any atom is 0.472 e. The molecule has 17 nitrogen and oxygen atoms in total. The monoisotopic (exact) mass is 1380 g/mol. The van der Waals surface area contributed by atoms with Crippen molar-refractivity contribution >= 4 is 39.5 Å². The Bertz CT molecular complexity index is 1820. The zero-order valence-corrected chi connectivity index (χ0v) is 63.1. The van der Waals surface area contributed by atoms with Gasteiger partial charge in [0.1, 0.15) is 19.3 Å². The zero-order chi connectivity index (χ0) is 69.3. The Hall–Kier alpha value is -1.94. The van der Waals surface area contributed by atoms with Crippen LogP contribution in [0.2, 0.25) is 0 Å². The lowest BCUT2D eigenvalue weighted by Crippen LogP contribution is -2.30. The van der Waals surface area contributed by atoms with Crippen molar-refractivity contribution in [1.82, 2.24) is 0 Å². The lowest BCUT2D eigenvalue weighted by Gasteiger charge is -2.21. The smallest absolute Gasteiger partial charge is 0.462 e. The van der Waals surface area contributed by atoms with Crippen molar-refractivity contribution in [3.05, 3.63) is 0 Å². The Morgan fingerprint density at radius 2 is 0.543 bits per heavy atom. The molecule has 0 saturated carbocycles. The normalized spacial score (nSPS) is 14.3. The Labute approximate surface area is 575 Å². The second kappa shape index (κ2) is 66.9. The molecule has 0 amide bonds. The summed E-state index contributed by atoms with van der Waals surface area (Å²) >= 11 is 0. The van der Waals surface area contributed by atoms with Gasteiger partial charge in [0, 0.05) is 25.7 Å². The average molecular weight is 1380 g/mol. The molecule has 0 aromatic heterocycles. The van der Waals surface area contributed by atoms with Gasteiger partial charge in [-0.3, -0.25) is 37.3 Å². The molecule has 0 rings (SSSR count). The van der Waals surface area contributed by atoms with E-state index in [1.165, 1.54) is 205 Å². The molecule has 0 aromatic carbocycles. The maximum atomic E-state index is 13.1. The fourth-order valence-electron chi connectivity index (χ4n) is 11.4. The molecule has 0 fully saturated rings. The van der Waals surface area contributed by atoms with Gasteiger partial charge in [0.2, 0.25) is 0 Å². The standard InChI is InChI=1S/C75H146O17P2/c1-7-10-12-14-16-18-20-22-25-29-33-40-46-52-58-73(78)85-63-70(91-74(79)59-53-47-41-34-30-26-23-24-27-31-37-43-49-55-67(4)5)65-89-93(81,82)87-61-69(76)62-88-94(83,84)90-66-71(92-75(80)60-54-48-42-36-35-38-44-50-56-68(6)9-3)64-86-72(77)57-51-45-39-32-28-21-19-17-15-13-11-8-2/h67-71,76H,7-66H2,1-6H3,(H,81,82)(H,83,84)/t68?,69-,70-,71-/m1/s1. The molecule has 0 aromatic rings. The largest absolute Gasteiger partial charge is 0.472 e. The fraction of sp³-hybridized carbons (Fsp3) is 0.947. The molecule has 0 bridgehead atoms. The van der Waals surface area contributed by atoms with E-state index in [0.717, 1.165) is 102 Å². The first-order valence-corrected chi connectivity index (χ1v) is 42.0. The van der Waals surface area contributed by atoms with Crippen LogP contribution in [-0.4, -0.2) is 96.7 Å². The fourth-order valence-corrected chi connectivity index (χ4v) is 13.0. The molecule has 19 heteroatoms. The molecule has 0 aliphatic heterocycles. The molecule has 558 valence electrons. The third-order valence-electron chi connectivity index (χ3n) is 17.8. The number of esters is 4. The highest BCUT2D eigenvalue weighted by Crippen LogP contribution is 2.45. The molecule has 0 saturated heterocycles. The topological polar surface area (TPSA) is 237 Å². The molecular formula is C75H146O17P2. The highest BCUT2D eigenvalue weighted by Gasteiger charge is 2.30. The molecular weight excluding hydrogens is 1230 g/mol. The summed E-state index contributed by atoms with van der Waals surface area (Å²) in [6.07, 6.45) is 53.9. The minimum atomic E-state index is -4.96. The van der Waals surface area contributed by atoms with E-state index in [-0.39, 0.29) is 25.7 Å². The second-order valence-corrected chi connectivity index (χ2v) is 30.7. The first-order valence-electron chi connectivity index (χ1n) is 39.0. The number of hydrogen-bond acceptors (Lipinski definition) is 15. The number of aliphatic hydroxyl groups is 1. The van der Waals surface area contributed by atoms with Crippen LogP contribution in [0.1, 0.15) is 388 Å². The number of hydrogen-bond donors (Lipinski definition) is 3. The number of carbonyl (C=O) groups excluding carboxylic acids is 4. The van der Waals surface area contributed by atoms with Gasteiger partial charge < -0.3 is 33.8 Å². The van der Waals surface area contributed by atoms with Gasteiger partial charge in [0.05, 0.1) is 26.4 Å². The van der Waals surface area contributed by atoms with Gasteiger partial charge >= 0.3 is 39.5 Å². The van der Waals surface area contributed by atoms with E-state index in [4.69, 9.17) is 37.0 Å². The van der Waals surface area contributed by atoms with E-state index in [9.17, 15) is 43.2 Å². The van der Waals surface area contributed by atoms with E-state index < -0.39 is 97.5 Å². The van der Waals surface area contributed by atoms with Crippen molar-refractivity contribution in [2.45, 2.75) is 407 Å². The van der Waals surface area contributed by atoms with Gasteiger partial charge in [-0.2, -0.15) is 0 Å². The van der Waals surface area contributed by atoms with Gasteiger partial charge in [-0.05, 0) is 37.5 Å². The minimum Gasteiger partial charge on any atom is -0.462 e. The van der Waals surface area contributed by atoms with Crippen LogP contribution in [0.15, 0.2) is 0 Å². The van der Waals surface area contributed by atoms with Crippen molar-refractivity contribution in [3.8, 4) is 0 Å². The number of aliphatic hydroxyl groups excluding tert-OH is 1. The highest BCUT2D eigenvalue weighted by molar-refractivity contribution is 7.47. The van der Waals surface area contributed by atoms with E-state index >= 15 is 0 Å². The van der Waals surface area contributed by atoms with Crippen LogP contribution >= 0.6 is 15.6 Å². The maximum absolute atomic E-state index is 13.1. The first-order chi connectivity index (χ1) is 45.4. The van der Waals surface area contributed by atoms with E-state index in [0.29, 0.717) is 25.7 Å². The molecule has 0 heterocycles. The van der Waals surface area contributed by atoms with Crippen molar-refractivity contribution < 1.29 is 80.2 Å². The third kappa shape index (κ3) is 67.3. The Morgan fingerprint density at radius 1 is 0.309 bits per heavy atom. The number of unbranched alkanes of at least 4 members (excludes halogenated alkanes) is 43. The molecule has 3 unspecified atom stereocenters. The predicted molar refractivity (Wildman–Crippen MR) is 381 cm³/mol. The van der Waals surface area contributed by atoms with Crippen LogP contribution in [-0.2, 0) is 65.4 Å². The number of phosphoric acid groups is 2. The predicted octanol–water partition coefficient (Wildman–Crippen LogP) is 21.9. The number of ether oxygens (including phenoxy) is 4. The van der Waals surface area contributed by atoms with Gasteiger partial charge in [-0.15, -0.1) is 0 Å². The minimum absolute atomic E-state index is 0.105. The van der Waals surface area contributed by atoms with Crippen LogP contribution in [0.4, 0.5) is 0 Å². The van der Waals surface area contributed by atoms with Gasteiger partial charge in [-0.25, -0.2) is 9.13 Å². The van der Waals surface area contributed by atoms with Crippen LogP contribution in [0.25, 0.3) is 0 Å². The van der Waals surface area contributed by atoms with Crippen LogP contribution in [0, 0.1) is 11.8 Å². The molecule has 6 atom stereocenters. The summed E-state index contributed by atoms with van der Waals surface area (Å²) in [6.45, 7) is 9.61.